The largest absolute Gasteiger partial charge is 0.399 e. The van der Waals surface area contributed by atoms with Crippen LogP contribution in [0.3, 0.4) is 0 Å². The number of hydrogen-bond donors (Lipinski definition) is 1. The molecule has 0 heterocycles. The van der Waals surface area contributed by atoms with Crippen molar-refractivity contribution in [2.24, 2.45) is 5.92 Å². The second kappa shape index (κ2) is 5.75. The Hall–Kier alpha value is -1.02. The summed E-state index contributed by atoms with van der Waals surface area (Å²) in [5.74, 6) is 0.914. The van der Waals surface area contributed by atoms with Crippen LogP contribution in [-0.4, -0.2) is 18.0 Å². The lowest BCUT2D eigenvalue weighted by Gasteiger charge is -2.37. The SMILES string of the molecule is CC1CCC(N(C)C(C)c2cccc(N)c2)CC1. The van der Waals surface area contributed by atoms with Gasteiger partial charge in [0.05, 0.1) is 0 Å². The minimum absolute atomic E-state index is 0.451. The van der Waals surface area contributed by atoms with E-state index in [-0.39, 0.29) is 0 Å². The van der Waals surface area contributed by atoms with E-state index in [1.165, 1.54) is 31.2 Å². The van der Waals surface area contributed by atoms with Gasteiger partial charge in [0.25, 0.3) is 0 Å². The van der Waals surface area contributed by atoms with Crippen molar-refractivity contribution in [3.05, 3.63) is 29.8 Å². The van der Waals surface area contributed by atoms with Crippen LogP contribution < -0.4 is 5.73 Å². The Morgan fingerprint density at radius 2 is 1.89 bits per heavy atom. The predicted octanol–water partition coefficient (Wildman–Crippen LogP) is 3.84. The summed E-state index contributed by atoms with van der Waals surface area (Å²) in [6.07, 6.45) is 5.42. The van der Waals surface area contributed by atoms with Gasteiger partial charge in [-0.1, -0.05) is 19.1 Å². The molecular weight excluding hydrogens is 220 g/mol. The van der Waals surface area contributed by atoms with Crippen molar-refractivity contribution in [1.82, 2.24) is 4.90 Å². The molecular formula is C16H26N2. The number of benzene rings is 1. The molecule has 2 rings (SSSR count). The van der Waals surface area contributed by atoms with E-state index in [0.29, 0.717) is 6.04 Å². The Kier molecular flexibility index (Phi) is 4.28. The molecule has 2 nitrogen and oxygen atoms in total. The summed E-state index contributed by atoms with van der Waals surface area (Å²) in [7, 11) is 2.26. The third-order valence-corrected chi connectivity index (χ3v) is 4.57. The second-order valence-electron chi connectivity index (χ2n) is 5.93. The van der Waals surface area contributed by atoms with E-state index in [4.69, 9.17) is 5.73 Å². The molecule has 0 radical (unpaired) electrons. The minimum atomic E-state index is 0.451. The van der Waals surface area contributed by atoms with Crippen molar-refractivity contribution in [3.63, 3.8) is 0 Å². The summed E-state index contributed by atoms with van der Waals surface area (Å²) in [5, 5.41) is 0. The molecule has 0 aromatic heterocycles. The first-order valence-electron chi connectivity index (χ1n) is 7.15. The maximum absolute atomic E-state index is 5.87. The molecule has 1 aliphatic rings. The molecule has 0 spiro atoms. The summed E-state index contributed by atoms with van der Waals surface area (Å²) in [5.41, 5.74) is 8.07. The van der Waals surface area contributed by atoms with E-state index >= 15 is 0 Å². The normalized spacial score (nSPS) is 26.2. The van der Waals surface area contributed by atoms with E-state index in [1.54, 1.807) is 0 Å². The van der Waals surface area contributed by atoms with E-state index in [0.717, 1.165) is 17.6 Å². The highest BCUT2D eigenvalue weighted by Gasteiger charge is 2.25. The van der Waals surface area contributed by atoms with Crippen LogP contribution in [0.4, 0.5) is 5.69 Å². The van der Waals surface area contributed by atoms with Crippen LogP contribution in [0.1, 0.15) is 51.1 Å². The van der Waals surface area contributed by atoms with Crippen molar-refractivity contribution in [2.45, 2.75) is 51.6 Å². The van der Waals surface area contributed by atoms with Gasteiger partial charge in [-0.05, 0) is 63.3 Å². The Balaban J connectivity index is 2.02. The molecule has 18 heavy (non-hydrogen) atoms. The van der Waals surface area contributed by atoms with Crippen LogP contribution in [0.2, 0.25) is 0 Å². The number of nitrogen functional groups attached to an aromatic ring is 1. The van der Waals surface area contributed by atoms with Crippen molar-refractivity contribution in [3.8, 4) is 0 Å². The topological polar surface area (TPSA) is 29.3 Å². The fourth-order valence-electron chi connectivity index (χ4n) is 3.02. The van der Waals surface area contributed by atoms with Crippen LogP contribution in [-0.2, 0) is 0 Å². The van der Waals surface area contributed by atoms with Gasteiger partial charge in [0, 0.05) is 17.8 Å². The third kappa shape index (κ3) is 3.05. The van der Waals surface area contributed by atoms with E-state index < -0.39 is 0 Å². The molecule has 1 fully saturated rings. The molecule has 100 valence electrons. The molecule has 0 saturated heterocycles. The monoisotopic (exact) mass is 246 g/mol. The fraction of sp³-hybridized carbons (Fsp3) is 0.625. The lowest BCUT2D eigenvalue weighted by Crippen LogP contribution is -2.36. The highest BCUT2D eigenvalue weighted by atomic mass is 15.2. The average Bonchev–Trinajstić information content (AvgIpc) is 2.38. The van der Waals surface area contributed by atoms with Gasteiger partial charge in [-0.3, -0.25) is 4.90 Å². The lowest BCUT2D eigenvalue weighted by molar-refractivity contribution is 0.131. The minimum Gasteiger partial charge on any atom is -0.399 e. The second-order valence-corrected chi connectivity index (χ2v) is 5.93. The van der Waals surface area contributed by atoms with Crippen LogP contribution >= 0.6 is 0 Å². The maximum atomic E-state index is 5.87. The Morgan fingerprint density at radius 3 is 2.50 bits per heavy atom. The van der Waals surface area contributed by atoms with Crippen molar-refractivity contribution in [1.29, 1.82) is 0 Å². The quantitative estimate of drug-likeness (QED) is 0.821. The average molecular weight is 246 g/mol. The van der Waals surface area contributed by atoms with Crippen molar-refractivity contribution in [2.75, 3.05) is 12.8 Å². The molecule has 2 heteroatoms. The first-order chi connectivity index (χ1) is 8.58. The molecule has 0 aliphatic heterocycles. The molecule has 1 unspecified atom stereocenters. The number of anilines is 1. The fourth-order valence-corrected chi connectivity index (χ4v) is 3.02. The lowest BCUT2D eigenvalue weighted by atomic mass is 9.86. The van der Waals surface area contributed by atoms with Gasteiger partial charge in [-0.25, -0.2) is 0 Å². The molecule has 1 aliphatic carbocycles. The Labute approximate surface area is 111 Å². The molecule has 0 amide bonds. The highest BCUT2D eigenvalue weighted by molar-refractivity contribution is 5.41. The number of nitrogens with two attached hydrogens (primary N) is 1. The van der Waals surface area contributed by atoms with E-state index in [2.05, 4.69) is 44.0 Å². The van der Waals surface area contributed by atoms with E-state index in [1.807, 2.05) is 6.07 Å². The van der Waals surface area contributed by atoms with Gasteiger partial charge < -0.3 is 5.73 Å². The third-order valence-electron chi connectivity index (χ3n) is 4.57. The first-order valence-corrected chi connectivity index (χ1v) is 7.15. The van der Waals surface area contributed by atoms with E-state index in [9.17, 15) is 0 Å². The summed E-state index contributed by atoms with van der Waals surface area (Å²) in [4.78, 5) is 2.53. The van der Waals surface area contributed by atoms with Crippen molar-refractivity contribution >= 4 is 5.69 Å². The summed E-state index contributed by atoms with van der Waals surface area (Å²) < 4.78 is 0. The van der Waals surface area contributed by atoms with Gasteiger partial charge in [0.2, 0.25) is 0 Å². The molecule has 1 saturated carbocycles. The molecule has 2 N–H and O–H groups in total. The molecule has 1 aromatic rings. The summed E-state index contributed by atoms with van der Waals surface area (Å²) in [6, 6.07) is 9.48. The van der Waals surface area contributed by atoms with Gasteiger partial charge in [-0.15, -0.1) is 0 Å². The zero-order chi connectivity index (χ0) is 13.1. The van der Waals surface area contributed by atoms with Crippen molar-refractivity contribution < 1.29 is 0 Å². The zero-order valence-electron chi connectivity index (χ0n) is 11.9. The predicted molar refractivity (Wildman–Crippen MR) is 78.5 cm³/mol. The standard InChI is InChI=1S/C16H26N2/c1-12-7-9-16(10-8-12)18(3)13(2)14-5-4-6-15(17)11-14/h4-6,11-13,16H,7-10,17H2,1-3H3. The van der Waals surface area contributed by atoms with Gasteiger partial charge >= 0.3 is 0 Å². The number of rotatable bonds is 3. The Bertz CT molecular complexity index is 380. The number of nitrogens with zero attached hydrogens (tertiary/aromatic N) is 1. The maximum Gasteiger partial charge on any atom is 0.0320 e. The highest BCUT2D eigenvalue weighted by Crippen LogP contribution is 2.31. The van der Waals surface area contributed by atoms with Gasteiger partial charge in [-0.2, -0.15) is 0 Å². The Morgan fingerprint density at radius 1 is 1.22 bits per heavy atom. The van der Waals surface area contributed by atoms with Gasteiger partial charge in [0.1, 0.15) is 0 Å². The van der Waals surface area contributed by atoms with Gasteiger partial charge in [0.15, 0.2) is 0 Å². The zero-order valence-corrected chi connectivity index (χ0v) is 11.9. The van der Waals surface area contributed by atoms with Crippen LogP contribution in [0.25, 0.3) is 0 Å². The first kappa shape index (κ1) is 13.4. The summed E-state index contributed by atoms with van der Waals surface area (Å²) >= 11 is 0. The smallest absolute Gasteiger partial charge is 0.0320 e. The molecule has 1 aromatic carbocycles. The van der Waals surface area contributed by atoms with Crippen LogP contribution in [0, 0.1) is 5.92 Å². The van der Waals surface area contributed by atoms with Crippen LogP contribution in [0.15, 0.2) is 24.3 Å². The molecule has 1 atom stereocenters. The summed E-state index contributed by atoms with van der Waals surface area (Å²) in [6.45, 7) is 4.66. The van der Waals surface area contributed by atoms with Crippen LogP contribution in [0.5, 0.6) is 0 Å². The number of hydrogen-bond acceptors (Lipinski definition) is 2. The molecule has 0 bridgehead atoms.